The molecule has 1 fully saturated rings. The maximum atomic E-state index is 12.7. The minimum atomic E-state index is -0.706. The summed E-state index contributed by atoms with van der Waals surface area (Å²) in [4.78, 5) is 36.3. The lowest BCUT2D eigenvalue weighted by Gasteiger charge is -2.21. The Hall–Kier alpha value is -2.93. The van der Waals surface area contributed by atoms with Crippen LogP contribution in [0.1, 0.15) is 24.4 Å². The van der Waals surface area contributed by atoms with Crippen LogP contribution in [0.3, 0.4) is 0 Å². The summed E-state index contributed by atoms with van der Waals surface area (Å²) in [7, 11) is 1.64. The molecule has 2 aromatic rings. The zero-order valence-electron chi connectivity index (χ0n) is 16.1. The first-order valence-corrected chi connectivity index (χ1v) is 9.33. The van der Waals surface area contributed by atoms with Crippen LogP contribution in [-0.4, -0.2) is 59.1 Å². The first-order chi connectivity index (χ1) is 14.0. The highest BCUT2D eigenvalue weighted by molar-refractivity contribution is 6.00. The Kier molecular flexibility index (Phi) is 6.82. The summed E-state index contributed by atoms with van der Waals surface area (Å²) in [6.45, 7) is 1.28. The quantitative estimate of drug-likeness (QED) is 0.374. The highest BCUT2D eigenvalue weighted by Gasteiger charge is 2.31. The van der Waals surface area contributed by atoms with E-state index >= 15 is 0 Å². The number of nitrogens with zero attached hydrogens (tertiary/aromatic N) is 2. The number of amides is 2. The number of ether oxygens (including phenoxy) is 2. The molecule has 0 bridgehead atoms. The summed E-state index contributed by atoms with van der Waals surface area (Å²) < 4.78 is 13.3. The largest absolute Gasteiger partial charge is 0.394 e. The van der Waals surface area contributed by atoms with Crippen molar-refractivity contribution in [3.63, 3.8) is 0 Å². The van der Waals surface area contributed by atoms with Crippen LogP contribution >= 0.6 is 0 Å². The number of imide groups is 1. The fourth-order valence-electron chi connectivity index (χ4n) is 3.22. The van der Waals surface area contributed by atoms with Gasteiger partial charge >= 0.3 is 5.69 Å². The molecule has 1 aliphatic heterocycles. The third kappa shape index (κ3) is 4.74. The number of piperidine rings is 1. The van der Waals surface area contributed by atoms with Crippen molar-refractivity contribution in [3.8, 4) is 11.8 Å². The molecule has 9 nitrogen and oxygen atoms in total. The minimum Gasteiger partial charge on any atom is -0.394 e. The lowest BCUT2D eigenvalue weighted by atomic mass is 10.1. The van der Waals surface area contributed by atoms with E-state index in [2.05, 4.69) is 17.2 Å². The fraction of sp³-hybridized carbons (Fsp3) is 0.450. The average molecular weight is 401 g/mol. The Morgan fingerprint density at radius 3 is 2.72 bits per heavy atom. The average Bonchev–Trinajstić information content (AvgIpc) is 2.95. The van der Waals surface area contributed by atoms with E-state index < -0.39 is 11.9 Å². The molecule has 2 heterocycles. The molecule has 9 heteroatoms. The number of hydrogen-bond donors (Lipinski definition) is 2. The van der Waals surface area contributed by atoms with Gasteiger partial charge in [-0.15, -0.1) is 0 Å². The third-order valence-electron chi connectivity index (χ3n) is 4.63. The van der Waals surface area contributed by atoms with Crippen molar-refractivity contribution < 1.29 is 24.2 Å². The number of imidazole rings is 1. The van der Waals surface area contributed by atoms with Crippen LogP contribution in [0.5, 0.6) is 0 Å². The second-order valence-corrected chi connectivity index (χ2v) is 6.57. The van der Waals surface area contributed by atoms with E-state index in [1.165, 1.54) is 9.13 Å². The van der Waals surface area contributed by atoms with Gasteiger partial charge in [-0.1, -0.05) is 11.8 Å². The lowest BCUT2D eigenvalue weighted by Crippen LogP contribution is -2.44. The molecule has 0 aliphatic carbocycles. The molecule has 1 aromatic heterocycles. The SMILES string of the molecule is Cn1c(=O)n(C2CCC(=O)NC2=O)c2ccc(C#CCOCCOCCO)cc21. The molecule has 2 N–H and O–H groups in total. The molecule has 0 spiro atoms. The van der Waals surface area contributed by atoms with Gasteiger partial charge in [0.05, 0.1) is 37.5 Å². The summed E-state index contributed by atoms with van der Waals surface area (Å²) in [5, 5.41) is 10.9. The van der Waals surface area contributed by atoms with Crippen LogP contribution in [0.2, 0.25) is 0 Å². The van der Waals surface area contributed by atoms with Gasteiger partial charge in [0.1, 0.15) is 12.6 Å². The molecule has 2 amide bonds. The van der Waals surface area contributed by atoms with Crippen molar-refractivity contribution >= 4 is 22.8 Å². The number of nitrogens with one attached hydrogen (secondary N) is 1. The van der Waals surface area contributed by atoms with Gasteiger partial charge in [0.25, 0.3) is 0 Å². The number of aliphatic hydroxyl groups excluding tert-OH is 1. The zero-order chi connectivity index (χ0) is 20.8. The molecule has 3 rings (SSSR count). The van der Waals surface area contributed by atoms with E-state index in [9.17, 15) is 14.4 Å². The number of benzene rings is 1. The molecule has 1 atom stereocenters. The zero-order valence-corrected chi connectivity index (χ0v) is 16.1. The van der Waals surface area contributed by atoms with Gasteiger partial charge in [0, 0.05) is 19.0 Å². The summed E-state index contributed by atoms with van der Waals surface area (Å²) in [5.41, 5.74) is 1.68. The Morgan fingerprint density at radius 2 is 1.97 bits per heavy atom. The van der Waals surface area contributed by atoms with Crippen molar-refractivity contribution in [2.24, 2.45) is 7.05 Å². The van der Waals surface area contributed by atoms with Gasteiger partial charge in [0.15, 0.2) is 0 Å². The number of aromatic nitrogens is 2. The van der Waals surface area contributed by atoms with Crippen molar-refractivity contribution in [2.75, 3.05) is 33.0 Å². The molecule has 154 valence electrons. The van der Waals surface area contributed by atoms with Gasteiger partial charge in [-0.2, -0.15) is 0 Å². The van der Waals surface area contributed by atoms with Crippen LogP contribution in [0.4, 0.5) is 0 Å². The Labute approximate surface area is 167 Å². The van der Waals surface area contributed by atoms with E-state index in [0.717, 1.165) is 0 Å². The molecular formula is C20H23N3O6. The molecule has 1 saturated heterocycles. The minimum absolute atomic E-state index is 0.0178. The van der Waals surface area contributed by atoms with Crippen molar-refractivity contribution in [2.45, 2.75) is 18.9 Å². The van der Waals surface area contributed by atoms with E-state index in [4.69, 9.17) is 14.6 Å². The number of aliphatic hydroxyl groups is 1. The number of hydrogen-bond acceptors (Lipinski definition) is 6. The Balaban J connectivity index is 1.74. The summed E-state index contributed by atoms with van der Waals surface area (Å²) in [5.74, 6) is 5.11. The highest BCUT2D eigenvalue weighted by atomic mass is 16.5. The maximum absolute atomic E-state index is 12.7. The van der Waals surface area contributed by atoms with E-state index in [1.807, 2.05) is 0 Å². The highest BCUT2D eigenvalue weighted by Crippen LogP contribution is 2.23. The predicted molar refractivity (Wildman–Crippen MR) is 104 cm³/mol. The Morgan fingerprint density at radius 1 is 1.17 bits per heavy atom. The monoisotopic (exact) mass is 401 g/mol. The van der Waals surface area contributed by atoms with Crippen molar-refractivity contribution in [1.82, 2.24) is 14.5 Å². The summed E-state index contributed by atoms with van der Waals surface area (Å²) in [6, 6.07) is 4.62. The molecule has 29 heavy (non-hydrogen) atoms. The van der Waals surface area contributed by atoms with Gasteiger partial charge < -0.3 is 14.6 Å². The number of aryl methyl sites for hydroxylation is 1. The molecule has 1 aliphatic rings. The number of carbonyl (C=O) groups excluding carboxylic acids is 2. The van der Waals surface area contributed by atoms with Crippen LogP contribution in [-0.2, 0) is 26.1 Å². The van der Waals surface area contributed by atoms with E-state index in [0.29, 0.717) is 36.2 Å². The van der Waals surface area contributed by atoms with Gasteiger partial charge in [-0.25, -0.2) is 4.79 Å². The standard InChI is InChI=1S/C20H23N3O6/c1-22-17-13-14(3-2-9-28-11-12-29-10-8-24)4-5-15(17)23(20(22)27)16-6-7-18(25)21-19(16)26/h4-5,13,16,24H,6-12H2,1H3,(H,21,25,26). The number of carbonyl (C=O) groups is 2. The van der Waals surface area contributed by atoms with Crippen molar-refractivity contribution in [1.29, 1.82) is 0 Å². The van der Waals surface area contributed by atoms with Gasteiger partial charge in [0.2, 0.25) is 11.8 Å². The summed E-state index contributed by atoms with van der Waals surface area (Å²) in [6.07, 6.45) is 0.498. The van der Waals surface area contributed by atoms with E-state index in [-0.39, 0.29) is 37.8 Å². The lowest BCUT2D eigenvalue weighted by molar-refractivity contribution is -0.135. The van der Waals surface area contributed by atoms with Crippen molar-refractivity contribution in [3.05, 3.63) is 34.2 Å². The second kappa shape index (κ2) is 9.52. The number of rotatable bonds is 7. The third-order valence-corrected chi connectivity index (χ3v) is 4.63. The molecule has 1 aromatic carbocycles. The van der Waals surface area contributed by atoms with E-state index in [1.54, 1.807) is 25.2 Å². The molecule has 1 unspecified atom stereocenters. The van der Waals surface area contributed by atoms with Crippen LogP contribution in [0, 0.1) is 11.8 Å². The molecule has 0 radical (unpaired) electrons. The second-order valence-electron chi connectivity index (χ2n) is 6.57. The first kappa shape index (κ1) is 20.8. The molecular weight excluding hydrogens is 378 g/mol. The van der Waals surface area contributed by atoms with Crippen LogP contribution in [0.15, 0.2) is 23.0 Å². The maximum Gasteiger partial charge on any atom is 0.329 e. The van der Waals surface area contributed by atoms with Gasteiger partial charge in [-0.3, -0.25) is 24.0 Å². The number of fused-ring (bicyclic) bond motifs is 1. The normalized spacial score (nSPS) is 16.6. The first-order valence-electron chi connectivity index (χ1n) is 9.33. The topological polar surface area (TPSA) is 112 Å². The predicted octanol–water partition coefficient (Wildman–Crippen LogP) is -0.305. The molecule has 0 saturated carbocycles. The Bertz CT molecular complexity index is 1030. The smallest absolute Gasteiger partial charge is 0.329 e. The fourth-order valence-corrected chi connectivity index (χ4v) is 3.22. The van der Waals surface area contributed by atoms with Gasteiger partial charge in [-0.05, 0) is 24.6 Å². The van der Waals surface area contributed by atoms with Crippen LogP contribution in [0.25, 0.3) is 11.0 Å². The summed E-state index contributed by atoms with van der Waals surface area (Å²) >= 11 is 0. The van der Waals surface area contributed by atoms with Crippen LogP contribution < -0.4 is 11.0 Å².